The van der Waals surface area contributed by atoms with Crippen LogP contribution < -0.4 is 0 Å². The highest BCUT2D eigenvalue weighted by Crippen LogP contribution is 2.27. The quantitative estimate of drug-likeness (QED) is 0.506. The third kappa shape index (κ3) is 4.16. The lowest BCUT2D eigenvalue weighted by Gasteiger charge is -2.15. The molecule has 114 valence electrons. The fourth-order valence-electron chi connectivity index (χ4n) is 1.35. The second-order valence-corrected chi connectivity index (χ2v) is 3.81. The number of halogens is 3. The molecule has 0 aliphatic heterocycles. The van der Waals surface area contributed by atoms with Crippen molar-refractivity contribution < 1.29 is 37.5 Å². The van der Waals surface area contributed by atoms with Crippen molar-refractivity contribution in [3.8, 4) is 0 Å². The van der Waals surface area contributed by atoms with Gasteiger partial charge in [0, 0.05) is 6.07 Å². The Kier molecular flexibility index (Phi) is 4.84. The topological polar surface area (TPSA) is 107 Å². The van der Waals surface area contributed by atoms with Crippen molar-refractivity contribution in [2.75, 3.05) is 6.61 Å². The molecule has 0 fully saturated rings. The predicted octanol–water partition coefficient (Wildman–Crippen LogP) is 2.01. The molecule has 0 saturated heterocycles. The average Bonchev–Trinajstić information content (AvgIpc) is 2.36. The van der Waals surface area contributed by atoms with Gasteiger partial charge in [0.2, 0.25) is 0 Å². The molecule has 0 aromatic heterocycles. The van der Waals surface area contributed by atoms with Crippen molar-refractivity contribution in [2.24, 2.45) is 5.92 Å². The van der Waals surface area contributed by atoms with Crippen molar-refractivity contribution >= 4 is 17.6 Å². The Morgan fingerprint density at radius 2 is 1.90 bits per heavy atom. The Hall–Kier alpha value is -2.65. The fourth-order valence-corrected chi connectivity index (χ4v) is 1.35. The molecule has 7 nitrogen and oxygen atoms in total. The lowest BCUT2D eigenvalue weighted by molar-refractivity contribution is -0.385. The minimum Gasteiger partial charge on any atom is -0.481 e. The number of alkyl halides is 3. The summed E-state index contributed by atoms with van der Waals surface area (Å²) in [5.41, 5.74) is -1.21. The van der Waals surface area contributed by atoms with E-state index in [1.165, 1.54) is 12.1 Å². The van der Waals surface area contributed by atoms with Gasteiger partial charge in [0.1, 0.15) is 12.2 Å². The van der Waals surface area contributed by atoms with Crippen LogP contribution in [0.15, 0.2) is 24.3 Å². The number of benzene rings is 1. The molecule has 21 heavy (non-hydrogen) atoms. The van der Waals surface area contributed by atoms with Gasteiger partial charge in [-0.05, 0) is 6.07 Å². The Labute approximate surface area is 115 Å². The predicted molar refractivity (Wildman–Crippen MR) is 60.6 cm³/mol. The normalized spacial score (nSPS) is 12.5. The van der Waals surface area contributed by atoms with Crippen molar-refractivity contribution in [1.29, 1.82) is 0 Å². The molecule has 0 radical (unpaired) electrons. The van der Waals surface area contributed by atoms with Crippen LogP contribution in [0.1, 0.15) is 10.4 Å². The van der Waals surface area contributed by atoms with Crippen LogP contribution in [0.3, 0.4) is 0 Å². The number of para-hydroxylation sites is 1. The molecule has 0 aliphatic rings. The van der Waals surface area contributed by atoms with E-state index >= 15 is 0 Å². The SMILES string of the molecule is O=C(OCC(C(=O)O)C(F)(F)F)c1ccccc1[N+](=O)[O-]. The van der Waals surface area contributed by atoms with E-state index in [0.29, 0.717) is 0 Å². The fraction of sp³-hybridized carbons (Fsp3) is 0.273. The first-order chi connectivity index (χ1) is 9.64. The number of hydrogen-bond acceptors (Lipinski definition) is 5. The van der Waals surface area contributed by atoms with Crippen molar-refractivity contribution in [2.45, 2.75) is 6.18 Å². The van der Waals surface area contributed by atoms with Gasteiger partial charge in [0.15, 0.2) is 5.92 Å². The monoisotopic (exact) mass is 307 g/mol. The van der Waals surface area contributed by atoms with E-state index in [1.54, 1.807) is 0 Å². The van der Waals surface area contributed by atoms with E-state index in [1.807, 2.05) is 0 Å². The number of carboxylic acid groups (broad SMARTS) is 1. The zero-order valence-electron chi connectivity index (χ0n) is 10.2. The van der Waals surface area contributed by atoms with Gasteiger partial charge in [0.05, 0.1) is 4.92 Å². The molecular formula is C11H8F3NO6. The van der Waals surface area contributed by atoms with Crippen LogP contribution in [0, 0.1) is 16.0 Å². The van der Waals surface area contributed by atoms with Crippen LogP contribution in [0.25, 0.3) is 0 Å². The lowest BCUT2D eigenvalue weighted by Crippen LogP contribution is -2.35. The van der Waals surface area contributed by atoms with Crippen LogP contribution in [0.2, 0.25) is 0 Å². The van der Waals surface area contributed by atoms with E-state index in [2.05, 4.69) is 4.74 Å². The summed E-state index contributed by atoms with van der Waals surface area (Å²) in [6.45, 7) is -1.47. The molecule has 0 saturated carbocycles. The second-order valence-electron chi connectivity index (χ2n) is 3.81. The molecule has 1 aromatic rings. The van der Waals surface area contributed by atoms with Crippen molar-refractivity contribution in [3.63, 3.8) is 0 Å². The summed E-state index contributed by atoms with van der Waals surface area (Å²) in [4.78, 5) is 31.7. The van der Waals surface area contributed by atoms with Crippen LogP contribution in [0.4, 0.5) is 18.9 Å². The Morgan fingerprint density at radius 1 is 1.33 bits per heavy atom. The number of nitro benzene ring substituents is 1. The Balaban J connectivity index is 2.88. The molecule has 1 unspecified atom stereocenters. The summed E-state index contributed by atoms with van der Waals surface area (Å²) < 4.78 is 41.3. The van der Waals surface area contributed by atoms with E-state index in [0.717, 1.165) is 12.1 Å². The molecule has 0 spiro atoms. The zero-order chi connectivity index (χ0) is 16.2. The molecule has 0 bridgehead atoms. The van der Waals surface area contributed by atoms with Crippen molar-refractivity contribution in [3.05, 3.63) is 39.9 Å². The molecule has 0 amide bonds. The summed E-state index contributed by atoms with van der Waals surface area (Å²) in [6.07, 6.45) is -5.10. The van der Waals surface area contributed by atoms with Crippen LogP contribution in [0.5, 0.6) is 0 Å². The number of carbonyl (C=O) groups excluding carboxylic acids is 1. The first-order valence-electron chi connectivity index (χ1n) is 5.34. The van der Waals surface area contributed by atoms with Crippen LogP contribution >= 0.6 is 0 Å². The molecular weight excluding hydrogens is 299 g/mol. The Morgan fingerprint density at radius 3 is 2.38 bits per heavy atom. The number of aliphatic carboxylic acids is 1. The molecule has 1 atom stereocenters. The summed E-state index contributed by atoms with van der Waals surface area (Å²) >= 11 is 0. The van der Waals surface area contributed by atoms with Gasteiger partial charge in [-0.15, -0.1) is 0 Å². The molecule has 0 aliphatic carbocycles. The molecule has 1 N–H and O–H groups in total. The zero-order valence-corrected chi connectivity index (χ0v) is 10.2. The Bertz CT molecular complexity index is 571. The first-order valence-corrected chi connectivity index (χ1v) is 5.34. The largest absolute Gasteiger partial charge is 0.481 e. The number of nitrogens with zero attached hydrogens (tertiary/aromatic N) is 1. The average molecular weight is 307 g/mol. The minimum absolute atomic E-state index is 0.561. The van der Waals surface area contributed by atoms with E-state index in [4.69, 9.17) is 5.11 Å². The summed E-state index contributed by atoms with van der Waals surface area (Å²) in [5.74, 6) is -6.51. The van der Waals surface area contributed by atoms with Gasteiger partial charge in [-0.1, -0.05) is 12.1 Å². The van der Waals surface area contributed by atoms with Crippen LogP contribution in [-0.4, -0.2) is 34.8 Å². The molecule has 0 heterocycles. The number of hydrogen-bond donors (Lipinski definition) is 1. The number of esters is 1. The summed E-state index contributed by atoms with van der Waals surface area (Å²) in [7, 11) is 0. The van der Waals surface area contributed by atoms with Gasteiger partial charge in [0.25, 0.3) is 5.69 Å². The van der Waals surface area contributed by atoms with Crippen molar-refractivity contribution in [1.82, 2.24) is 0 Å². The highest BCUT2D eigenvalue weighted by molar-refractivity contribution is 5.94. The third-order valence-corrected chi connectivity index (χ3v) is 2.39. The lowest BCUT2D eigenvalue weighted by atomic mass is 10.1. The van der Waals surface area contributed by atoms with E-state index in [9.17, 15) is 32.9 Å². The van der Waals surface area contributed by atoms with Gasteiger partial charge in [-0.25, -0.2) is 4.79 Å². The van der Waals surface area contributed by atoms with E-state index in [-0.39, 0.29) is 0 Å². The molecule has 10 heteroatoms. The number of nitro groups is 1. The number of rotatable bonds is 5. The minimum atomic E-state index is -5.10. The number of carbonyl (C=O) groups is 2. The van der Waals surface area contributed by atoms with E-state index < -0.39 is 46.8 Å². The standard InChI is InChI=1S/C11H8F3NO6/c12-11(13,14)7(9(16)17)5-21-10(18)6-3-1-2-4-8(6)15(19)20/h1-4,7H,5H2,(H,16,17). The highest BCUT2D eigenvalue weighted by atomic mass is 19.4. The molecule has 1 aromatic carbocycles. The van der Waals surface area contributed by atoms with Gasteiger partial charge >= 0.3 is 18.1 Å². The maximum Gasteiger partial charge on any atom is 0.405 e. The van der Waals surface area contributed by atoms with Gasteiger partial charge < -0.3 is 9.84 Å². The second kappa shape index (κ2) is 6.20. The van der Waals surface area contributed by atoms with Crippen LogP contribution in [-0.2, 0) is 9.53 Å². The summed E-state index contributed by atoms with van der Waals surface area (Å²) in [6, 6.07) is 4.46. The molecule has 1 rings (SSSR count). The number of carboxylic acids is 1. The highest BCUT2D eigenvalue weighted by Gasteiger charge is 2.46. The number of ether oxygens (including phenoxy) is 1. The first kappa shape index (κ1) is 16.4. The smallest absolute Gasteiger partial charge is 0.405 e. The third-order valence-electron chi connectivity index (χ3n) is 2.39. The maximum absolute atomic E-state index is 12.4. The maximum atomic E-state index is 12.4. The van der Waals surface area contributed by atoms with Gasteiger partial charge in [-0.2, -0.15) is 13.2 Å². The summed E-state index contributed by atoms with van der Waals surface area (Å²) in [5, 5.41) is 19.1. The van der Waals surface area contributed by atoms with Gasteiger partial charge in [-0.3, -0.25) is 14.9 Å².